The van der Waals surface area contributed by atoms with Crippen LogP contribution in [0.4, 0.5) is 4.39 Å². The van der Waals surface area contributed by atoms with Crippen LogP contribution in [0.25, 0.3) is 0 Å². The summed E-state index contributed by atoms with van der Waals surface area (Å²) in [6, 6.07) is 5.92. The number of aliphatic imine (C=N–C) groups is 1. The predicted octanol–water partition coefficient (Wildman–Crippen LogP) is 2.70. The molecule has 24 heavy (non-hydrogen) atoms. The lowest BCUT2D eigenvalue weighted by atomic mass is 9.79. The number of benzene rings is 1. The van der Waals surface area contributed by atoms with Crippen molar-refractivity contribution in [2.24, 2.45) is 16.6 Å². The van der Waals surface area contributed by atoms with E-state index in [0.717, 1.165) is 12.8 Å². The summed E-state index contributed by atoms with van der Waals surface area (Å²) >= 11 is 0. The van der Waals surface area contributed by atoms with Gasteiger partial charge in [0, 0.05) is 13.1 Å². The number of guanidine groups is 1. The first-order chi connectivity index (χ1) is 11.5. The number of rotatable bonds is 5. The molecule has 0 radical (unpaired) electrons. The third-order valence-electron chi connectivity index (χ3n) is 5.00. The van der Waals surface area contributed by atoms with Crippen LogP contribution in [-0.4, -0.2) is 36.0 Å². The van der Waals surface area contributed by atoms with Gasteiger partial charge in [0.25, 0.3) is 5.91 Å². The third kappa shape index (κ3) is 3.37. The molecule has 1 aromatic carbocycles. The Labute approximate surface area is 141 Å². The monoisotopic (exact) mass is 333 g/mol. The zero-order valence-electron chi connectivity index (χ0n) is 14.0. The van der Waals surface area contributed by atoms with Crippen molar-refractivity contribution < 1.29 is 13.9 Å². The maximum atomic E-state index is 13.3. The number of nitrogens with zero attached hydrogens (tertiary/aromatic N) is 2. The zero-order valence-corrected chi connectivity index (χ0v) is 14.0. The fourth-order valence-corrected chi connectivity index (χ4v) is 3.67. The molecule has 2 N–H and O–H groups in total. The van der Waals surface area contributed by atoms with Crippen molar-refractivity contribution in [3.63, 3.8) is 0 Å². The van der Waals surface area contributed by atoms with E-state index in [1.54, 1.807) is 19.2 Å². The molecule has 1 aliphatic heterocycles. The van der Waals surface area contributed by atoms with Crippen molar-refractivity contribution in [3.8, 4) is 5.75 Å². The average molecular weight is 333 g/mol. The molecule has 1 amide bonds. The lowest BCUT2D eigenvalue weighted by molar-refractivity contribution is -0.132. The first-order valence-corrected chi connectivity index (χ1v) is 8.52. The second-order valence-electron chi connectivity index (χ2n) is 6.82. The molecule has 0 bridgehead atoms. The molecule has 1 saturated carbocycles. The molecule has 130 valence electrons. The largest absolute Gasteiger partial charge is 0.490 e. The normalized spacial score (nSPS) is 25.0. The van der Waals surface area contributed by atoms with Crippen molar-refractivity contribution in [1.82, 2.24) is 4.90 Å². The summed E-state index contributed by atoms with van der Waals surface area (Å²) in [4.78, 5) is 18.6. The number of carbonyl (C=O) groups excluding carboxylic acids is 1. The Balaban J connectivity index is 1.78. The van der Waals surface area contributed by atoms with Gasteiger partial charge in [-0.1, -0.05) is 38.2 Å². The van der Waals surface area contributed by atoms with Crippen LogP contribution in [0, 0.1) is 11.7 Å². The van der Waals surface area contributed by atoms with Crippen LogP contribution < -0.4 is 10.5 Å². The summed E-state index contributed by atoms with van der Waals surface area (Å²) in [6.07, 6.45) is 6.47. The molecule has 1 atom stereocenters. The van der Waals surface area contributed by atoms with E-state index in [1.165, 1.54) is 36.3 Å². The fraction of sp³-hybridized carbons (Fsp3) is 0.556. The van der Waals surface area contributed by atoms with Crippen LogP contribution >= 0.6 is 0 Å². The Morgan fingerprint density at radius 2 is 2.12 bits per heavy atom. The maximum absolute atomic E-state index is 13.3. The topological polar surface area (TPSA) is 67.9 Å². The Bertz CT molecular complexity index is 643. The molecular formula is C18H24FN3O2. The highest BCUT2D eigenvalue weighted by atomic mass is 19.1. The number of carbonyl (C=O) groups is 1. The maximum Gasteiger partial charge on any atom is 0.260 e. The van der Waals surface area contributed by atoms with Gasteiger partial charge in [-0.15, -0.1) is 0 Å². The lowest BCUT2D eigenvalue weighted by Gasteiger charge is -2.31. The van der Waals surface area contributed by atoms with Crippen molar-refractivity contribution in [2.45, 2.75) is 44.1 Å². The summed E-state index contributed by atoms with van der Waals surface area (Å²) < 4.78 is 19.1. The van der Waals surface area contributed by atoms with Gasteiger partial charge in [0.2, 0.25) is 0 Å². The van der Waals surface area contributed by atoms with Crippen LogP contribution in [0.3, 0.4) is 0 Å². The smallest absolute Gasteiger partial charge is 0.260 e. The van der Waals surface area contributed by atoms with E-state index in [4.69, 9.17) is 10.5 Å². The molecule has 6 heteroatoms. The Morgan fingerprint density at radius 3 is 2.75 bits per heavy atom. The molecule has 1 heterocycles. The van der Waals surface area contributed by atoms with E-state index in [0.29, 0.717) is 18.1 Å². The van der Waals surface area contributed by atoms with Gasteiger partial charge >= 0.3 is 0 Å². The SMILES string of the molecule is CN1C(=O)[C@@](COc2cccc(F)c2)(CC2CCCCC2)N=C1N. The fourth-order valence-electron chi connectivity index (χ4n) is 3.67. The molecule has 1 aliphatic carbocycles. The minimum absolute atomic E-state index is 0.0802. The van der Waals surface area contributed by atoms with E-state index < -0.39 is 5.54 Å². The second-order valence-corrected chi connectivity index (χ2v) is 6.82. The van der Waals surface area contributed by atoms with Gasteiger partial charge in [-0.25, -0.2) is 9.38 Å². The molecule has 0 saturated heterocycles. The molecule has 2 aliphatic rings. The number of nitrogens with two attached hydrogens (primary N) is 1. The Morgan fingerprint density at radius 1 is 1.38 bits per heavy atom. The number of hydrogen-bond donors (Lipinski definition) is 1. The Hall–Kier alpha value is -2.11. The van der Waals surface area contributed by atoms with Gasteiger partial charge in [0.05, 0.1) is 0 Å². The van der Waals surface area contributed by atoms with E-state index in [1.807, 2.05) is 0 Å². The van der Waals surface area contributed by atoms with Crippen molar-refractivity contribution >= 4 is 11.9 Å². The average Bonchev–Trinajstić information content (AvgIpc) is 2.78. The Kier molecular flexibility index (Phi) is 4.73. The minimum Gasteiger partial charge on any atom is -0.490 e. The van der Waals surface area contributed by atoms with Crippen LogP contribution in [0.5, 0.6) is 5.75 Å². The number of hydrogen-bond acceptors (Lipinski definition) is 4. The van der Waals surface area contributed by atoms with Crippen molar-refractivity contribution in [1.29, 1.82) is 0 Å². The molecule has 3 rings (SSSR count). The van der Waals surface area contributed by atoms with Gasteiger partial charge in [-0.05, 0) is 24.5 Å². The van der Waals surface area contributed by atoms with Crippen molar-refractivity contribution in [3.05, 3.63) is 30.1 Å². The van der Waals surface area contributed by atoms with Gasteiger partial charge in [0.15, 0.2) is 11.5 Å². The molecule has 0 aromatic heterocycles. The van der Waals surface area contributed by atoms with Gasteiger partial charge in [0.1, 0.15) is 18.2 Å². The predicted molar refractivity (Wildman–Crippen MR) is 90.2 cm³/mol. The van der Waals surface area contributed by atoms with E-state index in [9.17, 15) is 9.18 Å². The number of likely N-dealkylation sites (N-methyl/N-ethyl adjacent to an activating group) is 1. The highest BCUT2D eigenvalue weighted by Crippen LogP contribution is 2.36. The van der Waals surface area contributed by atoms with Gasteiger partial charge in [-0.2, -0.15) is 0 Å². The van der Waals surface area contributed by atoms with Crippen LogP contribution in [-0.2, 0) is 4.79 Å². The summed E-state index contributed by atoms with van der Waals surface area (Å²) in [5, 5.41) is 0. The summed E-state index contributed by atoms with van der Waals surface area (Å²) in [7, 11) is 1.63. The van der Waals surface area contributed by atoms with Crippen molar-refractivity contribution in [2.75, 3.05) is 13.7 Å². The lowest BCUT2D eigenvalue weighted by Crippen LogP contribution is -2.47. The number of amides is 1. The zero-order chi connectivity index (χ0) is 17.2. The highest BCUT2D eigenvalue weighted by Gasteiger charge is 2.48. The van der Waals surface area contributed by atoms with E-state index >= 15 is 0 Å². The molecular weight excluding hydrogens is 309 g/mol. The number of ether oxygens (including phenoxy) is 1. The molecule has 0 unspecified atom stereocenters. The minimum atomic E-state index is -0.993. The quantitative estimate of drug-likeness (QED) is 0.901. The first-order valence-electron chi connectivity index (χ1n) is 8.52. The molecule has 1 aromatic rings. The summed E-state index contributed by atoms with van der Waals surface area (Å²) in [6.45, 7) is 0.0802. The van der Waals surface area contributed by atoms with Gasteiger partial charge < -0.3 is 10.5 Å². The van der Waals surface area contributed by atoms with Gasteiger partial charge in [-0.3, -0.25) is 9.69 Å². The van der Waals surface area contributed by atoms with Crippen LogP contribution in [0.15, 0.2) is 29.3 Å². The molecule has 1 fully saturated rings. The molecule has 0 spiro atoms. The van der Waals surface area contributed by atoms with Crippen LogP contribution in [0.1, 0.15) is 38.5 Å². The van der Waals surface area contributed by atoms with E-state index in [-0.39, 0.29) is 24.3 Å². The van der Waals surface area contributed by atoms with E-state index in [2.05, 4.69) is 4.99 Å². The highest BCUT2D eigenvalue weighted by molar-refractivity contribution is 6.06. The standard InChI is InChI=1S/C18H24FN3O2/c1-22-16(23)18(21-17(22)20,11-13-6-3-2-4-7-13)12-24-15-9-5-8-14(19)10-15/h5,8-10,13H,2-4,6-7,11-12H2,1H3,(H2,20,21)/t18-/m0/s1. The number of halogens is 1. The van der Waals surface area contributed by atoms with Crippen LogP contribution in [0.2, 0.25) is 0 Å². The first kappa shape index (κ1) is 16.7. The second kappa shape index (κ2) is 6.79. The summed E-state index contributed by atoms with van der Waals surface area (Å²) in [5.74, 6) is 0.559. The third-order valence-corrected chi connectivity index (χ3v) is 5.00. The summed E-state index contributed by atoms with van der Waals surface area (Å²) in [5.41, 5.74) is 4.89. The molecule has 5 nitrogen and oxygen atoms in total.